The SMILES string of the molecule is CC(=O)N1CC(C)(C)Oc2ccc(S(=O)(=O)NC(C)c3ccccc3)cc21. The van der Waals surface area contributed by atoms with Gasteiger partial charge < -0.3 is 9.64 Å². The fraction of sp³-hybridized carbons (Fsp3) is 0.350. The highest BCUT2D eigenvalue weighted by Gasteiger charge is 2.34. The van der Waals surface area contributed by atoms with Gasteiger partial charge in [0, 0.05) is 13.0 Å². The first-order valence-electron chi connectivity index (χ1n) is 8.77. The van der Waals surface area contributed by atoms with Crippen LogP contribution in [-0.4, -0.2) is 26.5 Å². The maximum atomic E-state index is 12.9. The number of fused-ring (bicyclic) bond motifs is 1. The molecule has 1 amide bonds. The Bertz CT molecular complexity index is 955. The maximum Gasteiger partial charge on any atom is 0.241 e. The maximum absolute atomic E-state index is 12.9. The van der Waals surface area contributed by atoms with Gasteiger partial charge in [-0.1, -0.05) is 30.3 Å². The Balaban J connectivity index is 1.94. The van der Waals surface area contributed by atoms with Crippen molar-refractivity contribution in [3.63, 3.8) is 0 Å². The third kappa shape index (κ3) is 4.14. The van der Waals surface area contributed by atoms with E-state index in [-0.39, 0.29) is 16.8 Å². The van der Waals surface area contributed by atoms with Crippen LogP contribution in [0.2, 0.25) is 0 Å². The summed E-state index contributed by atoms with van der Waals surface area (Å²) in [6.45, 7) is 7.38. The van der Waals surface area contributed by atoms with Crippen molar-refractivity contribution in [1.29, 1.82) is 0 Å². The standard InChI is InChI=1S/C20H24N2O4S/c1-14(16-8-6-5-7-9-16)21-27(24,25)17-10-11-19-18(12-17)22(15(2)23)13-20(3,4)26-19/h5-12,14,21H,13H2,1-4H3. The molecule has 1 atom stereocenters. The van der Waals surface area contributed by atoms with Crippen LogP contribution in [0.5, 0.6) is 5.75 Å². The van der Waals surface area contributed by atoms with E-state index in [2.05, 4.69) is 4.72 Å². The summed E-state index contributed by atoms with van der Waals surface area (Å²) in [7, 11) is -3.76. The molecular weight excluding hydrogens is 364 g/mol. The van der Waals surface area contributed by atoms with E-state index in [1.54, 1.807) is 17.9 Å². The molecule has 0 saturated carbocycles. The summed E-state index contributed by atoms with van der Waals surface area (Å²) in [6.07, 6.45) is 0. The molecule has 1 N–H and O–H groups in total. The number of ether oxygens (including phenoxy) is 1. The van der Waals surface area contributed by atoms with Gasteiger partial charge in [0.25, 0.3) is 0 Å². The lowest BCUT2D eigenvalue weighted by Crippen LogP contribution is -2.48. The Morgan fingerprint density at radius 2 is 1.85 bits per heavy atom. The summed E-state index contributed by atoms with van der Waals surface area (Å²) in [6, 6.07) is 13.6. The second kappa shape index (κ2) is 6.98. The minimum Gasteiger partial charge on any atom is -0.484 e. The van der Waals surface area contributed by atoms with Crippen molar-refractivity contribution in [2.45, 2.75) is 44.2 Å². The first-order valence-corrected chi connectivity index (χ1v) is 10.3. The molecule has 0 spiro atoms. The number of carbonyl (C=O) groups excluding carboxylic acids is 1. The number of benzene rings is 2. The van der Waals surface area contributed by atoms with Crippen molar-refractivity contribution in [2.75, 3.05) is 11.4 Å². The Kier molecular flexibility index (Phi) is 5.01. The van der Waals surface area contributed by atoms with Crippen molar-refractivity contribution in [1.82, 2.24) is 4.72 Å². The molecule has 1 aliphatic heterocycles. The lowest BCUT2D eigenvalue weighted by atomic mass is 10.1. The van der Waals surface area contributed by atoms with Gasteiger partial charge in [0.1, 0.15) is 11.4 Å². The van der Waals surface area contributed by atoms with Crippen molar-refractivity contribution >= 4 is 21.6 Å². The minimum atomic E-state index is -3.76. The van der Waals surface area contributed by atoms with Gasteiger partial charge in [0.15, 0.2) is 0 Å². The molecule has 7 heteroatoms. The highest BCUT2D eigenvalue weighted by Crippen LogP contribution is 2.38. The number of sulfonamides is 1. The molecule has 2 aromatic rings. The molecule has 0 saturated heterocycles. The predicted octanol–water partition coefficient (Wildman–Crippen LogP) is 3.25. The normalized spacial score (nSPS) is 17.0. The Morgan fingerprint density at radius 3 is 2.48 bits per heavy atom. The van der Waals surface area contributed by atoms with E-state index in [0.717, 1.165) is 5.56 Å². The Hall–Kier alpha value is -2.38. The van der Waals surface area contributed by atoms with E-state index >= 15 is 0 Å². The summed E-state index contributed by atoms with van der Waals surface area (Å²) in [5.41, 5.74) is 0.797. The third-order valence-corrected chi connectivity index (χ3v) is 6.01. The van der Waals surface area contributed by atoms with E-state index in [1.165, 1.54) is 19.1 Å². The quantitative estimate of drug-likeness (QED) is 0.872. The number of hydrogen-bond acceptors (Lipinski definition) is 4. The molecule has 0 aromatic heterocycles. The molecule has 0 aliphatic carbocycles. The van der Waals surface area contributed by atoms with Crippen LogP contribution in [0.1, 0.15) is 39.3 Å². The monoisotopic (exact) mass is 388 g/mol. The molecule has 1 heterocycles. The molecule has 144 valence electrons. The largest absolute Gasteiger partial charge is 0.484 e. The number of rotatable bonds is 4. The van der Waals surface area contributed by atoms with Crippen LogP contribution < -0.4 is 14.4 Å². The van der Waals surface area contributed by atoms with Crippen LogP contribution in [0.15, 0.2) is 53.4 Å². The zero-order valence-corrected chi connectivity index (χ0v) is 16.7. The van der Waals surface area contributed by atoms with Gasteiger partial charge in [-0.15, -0.1) is 0 Å². The van der Waals surface area contributed by atoms with Gasteiger partial charge in [-0.3, -0.25) is 4.79 Å². The van der Waals surface area contributed by atoms with Crippen molar-refractivity contribution in [2.24, 2.45) is 0 Å². The second-order valence-corrected chi connectivity index (χ2v) is 9.06. The molecule has 3 rings (SSSR count). The summed E-state index contributed by atoms with van der Waals surface area (Å²) < 4.78 is 34.3. The van der Waals surface area contributed by atoms with Gasteiger partial charge in [-0.25, -0.2) is 13.1 Å². The number of hydrogen-bond donors (Lipinski definition) is 1. The lowest BCUT2D eigenvalue weighted by molar-refractivity contribution is -0.117. The number of carbonyl (C=O) groups is 1. The highest BCUT2D eigenvalue weighted by atomic mass is 32.2. The summed E-state index contributed by atoms with van der Waals surface area (Å²) >= 11 is 0. The molecular formula is C20H24N2O4S. The minimum absolute atomic E-state index is 0.0959. The van der Waals surface area contributed by atoms with Gasteiger partial charge in [-0.2, -0.15) is 0 Å². The van der Waals surface area contributed by atoms with Crippen LogP contribution in [-0.2, 0) is 14.8 Å². The summed E-state index contributed by atoms with van der Waals surface area (Å²) in [5.74, 6) is 0.337. The van der Waals surface area contributed by atoms with Crippen LogP contribution in [0.3, 0.4) is 0 Å². The zero-order valence-electron chi connectivity index (χ0n) is 15.9. The fourth-order valence-corrected chi connectivity index (χ4v) is 4.40. The first-order chi connectivity index (χ1) is 12.6. The lowest BCUT2D eigenvalue weighted by Gasteiger charge is -2.39. The molecule has 1 unspecified atom stereocenters. The Labute approximate surface area is 160 Å². The van der Waals surface area contributed by atoms with Crippen LogP contribution in [0.4, 0.5) is 5.69 Å². The van der Waals surface area contributed by atoms with E-state index in [4.69, 9.17) is 4.74 Å². The van der Waals surface area contributed by atoms with Crippen LogP contribution in [0.25, 0.3) is 0 Å². The van der Waals surface area contributed by atoms with Crippen molar-refractivity contribution in [3.05, 3.63) is 54.1 Å². The molecule has 6 nitrogen and oxygen atoms in total. The van der Waals surface area contributed by atoms with Gasteiger partial charge in [0.2, 0.25) is 15.9 Å². The molecule has 0 bridgehead atoms. The van der Waals surface area contributed by atoms with E-state index in [0.29, 0.717) is 18.0 Å². The van der Waals surface area contributed by atoms with E-state index in [9.17, 15) is 13.2 Å². The highest BCUT2D eigenvalue weighted by molar-refractivity contribution is 7.89. The molecule has 2 aromatic carbocycles. The van der Waals surface area contributed by atoms with Crippen LogP contribution >= 0.6 is 0 Å². The average Bonchev–Trinajstić information content (AvgIpc) is 2.60. The number of nitrogens with zero attached hydrogens (tertiary/aromatic N) is 1. The topological polar surface area (TPSA) is 75.7 Å². The average molecular weight is 388 g/mol. The van der Waals surface area contributed by atoms with Gasteiger partial charge in [-0.05, 0) is 44.5 Å². The third-order valence-electron chi connectivity index (χ3n) is 4.47. The molecule has 0 fully saturated rings. The number of amides is 1. The second-order valence-electron chi connectivity index (χ2n) is 7.35. The van der Waals surface area contributed by atoms with Gasteiger partial charge >= 0.3 is 0 Å². The van der Waals surface area contributed by atoms with Crippen LogP contribution in [0, 0.1) is 0 Å². The molecule has 1 aliphatic rings. The fourth-order valence-electron chi connectivity index (χ4n) is 3.15. The van der Waals surface area contributed by atoms with Crippen molar-refractivity contribution < 1.29 is 17.9 Å². The molecule has 27 heavy (non-hydrogen) atoms. The Morgan fingerprint density at radius 1 is 1.19 bits per heavy atom. The number of anilines is 1. The summed E-state index contributed by atoms with van der Waals surface area (Å²) in [5, 5.41) is 0. The summed E-state index contributed by atoms with van der Waals surface area (Å²) in [4.78, 5) is 13.7. The van der Waals surface area contributed by atoms with E-state index < -0.39 is 15.6 Å². The predicted molar refractivity (Wildman–Crippen MR) is 104 cm³/mol. The molecule has 0 radical (unpaired) electrons. The first kappa shape index (κ1) is 19.4. The smallest absolute Gasteiger partial charge is 0.241 e. The van der Waals surface area contributed by atoms with Gasteiger partial charge in [0.05, 0.1) is 17.1 Å². The zero-order chi connectivity index (χ0) is 19.8. The number of nitrogens with one attached hydrogen (secondary N) is 1. The van der Waals surface area contributed by atoms with E-state index in [1.807, 2.05) is 44.2 Å². The van der Waals surface area contributed by atoms with Crippen molar-refractivity contribution in [3.8, 4) is 5.75 Å².